The van der Waals surface area contributed by atoms with E-state index in [1.165, 1.54) is 12.8 Å². The predicted octanol–water partition coefficient (Wildman–Crippen LogP) is 1.99. The minimum Gasteiger partial charge on any atom is -0.368 e. The largest absolute Gasteiger partial charge is 0.368 e. The van der Waals surface area contributed by atoms with Crippen LogP contribution in [0.1, 0.15) is 53.9 Å². The highest BCUT2D eigenvalue weighted by Gasteiger charge is 2.32. The number of nitrogens with two attached hydrogens (primary N) is 1. The highest BCUT2D eigenvalue weighted by Crippen LogP contribution is 2.34. The number of nitrogens with zero attached hydrogens (tertiary/aromatic N) is 1. The molecule has 4 heteroatoms. The molecule has 1 fully saturated rings. The third kappa shape index (κ3) is 4.74. The number of nitrogens with one attached hydrogen (secondary N) is 1. The maximum atomic E-state index is 11.6. The van der Waals surface area contributed by atoms with E-state index in [-0.39, 0.29) is 5.91 Å². The lowest BCUT2D eigenvalue weighted by atomic mass is 9.75. The second-order valence-electron chi connectivity index (χ2n) is 7.46. The topological polar surface area (TPSA) is 58.4 Å². The van der Waals surface area contributed by atoms with Gasteiger partial charge in [-0.2, -0.15) is 0 Å². The van der Waals surface area contributed by atoms with Crippen molar-refractivity contribution in [2.75, 3.05) is 26.2 Å². The van der Waals surface area contributed by atoms with E-state index >= 15 is 0 Å². The first-order valence-electron chi connectivity index (χ1n) is 7.96. The van der Waals surface area contributed by atoms with Crippen molar-refractivity contribution in [1.82, 2.24) is 10.2 Å². The lowest BCUT2D eigenvalue weighted by Gasteiger charge is -2.39. The van der Waals surface area contributed by atoms with Crippen molar-refractivity contribution in [3.8, 4) is 0 Å². The summed E-state index contributed by atoms with van der Waals surface area (Å²) in [4.78, 5) is 14.1. The van der Waals surface area contributed by atoms with Crippen molar-refractivity contribution in [2.45, 2.75) is 59.4 Å². The fourth-order valence-electron chi connectivity index (χ4n) is 3.09. The smallest absolute Gasteiger partial charge is 0.237 e. The van der Waals surface area contributed by atoms with Gasteiger partial charge in [-0.15, -0.1) is 0 Å². The quantitative estimate of drug-likeness (QED) is 0.784. The van der Waals surface area contributed by atoms with Crippen LogP contribution in [0.15, 0.2) is 0 Å². The van der Waals surface area contributed by atoms with E-state index in [9.17, 15) is 4.79 Å². The average molecular weight is 283 g/mol. The van der Waals surface area contributed by atoms with Gasteiger partial charge in [0.15, 0.2) is 0 Å². The van der Waals surface area contributed by atoms with Gasteiger partial charge in [0, 0.05) is 6.54 Å². The summed E-state index contributed by atoms with van der Waals surface area (Å²) in [5, 5.41) is 3.23. The molecule has 0 aromatic carbocycles. The molecule has 1 aliphatic rings. The van der Waals surface area contributed by atoms with Gasteiger partial charge >= 0.3 is 0 Å². The van der Waals surface area contributed by atoms with Crippen LogP contribution in [0, 0.1) is 11.3 Å². The van der Waals surface area contributed by atoms with Crippen molar-refractivity contribution in [3.05, 3.63) is 0 Å². The van der Waals surface area contributed by atoms with Crippen LogP contribution in [0.2, 0.25) is 0 Å². The number of rotatable bonds is 6. The van der Waals surface area contributed by atoms with Crippen molar-refractivity contribution in [1.29, 1.82) is 0 Å². The zero-order valence-electron chi connectivity index (χ0n) is 14.0. The van der Waals surface area contributed by atoms with Crippen LogP contribution >= 0.6 is 0 Å². The molecule has 118 valence electrons. The summed E-state index contributed by atoms with van der Waals surface area (Å²) >= 11 is 0. The molecule has 1 unspecified atom stereocenters. The SMILES string of the molecule is CCNC(C)(CCN1CCC(C(C)(C)C)CC1)C(N)=O. The molecule has 1 aliphatic heterocycles. The number of hydrogen-bond acceptors (Lipinski definition) is 3. The fraction of sp³-hybridized carbons (Fsp3) is 0.938. The zero-order chi connectivity index (χ0) is 15.4. The molecule has 0 aromatic heterocycles. The van der Waals surface area contributed by atoms with Gasteiger partial charge in [0.1, 0.15) is 0 Å². The van der Waals surface area contributed by atoms with E-state index in [0.717, 1.165) is 38.5 Å². The van der Waals surface area contributed by atoms with Crippen LogP contribution in [0.5, 0.6) is 0 Å². The van der Waals surface area contributed by atoms with E-state index in [2.05, 4.69) is 31.0 Å². The molecule has 0 aromatic rings. The van der Waals surface area contributed by atoms with Gasteiger partial charge in [-0.3, -0.25) is 4.79 Å². The van der Waals surface area contributed by atoms with E-state index < -0.39 is 5.54 Å². The average Bonchev–Trinajstić information content (AvgIpc) is 2.36. The fourth-order valence-corrected chi connectivity index (χ4v) is 3.09. The Kier molecular flexibility index (Phi) is 6.02. The molecule has 1 saturated heterocycles. The third-order valence-corrected chi connectivity index (χ3v) is 4.85. The van der Waals surface area contributed by atoms with Crippen LogP contribution in [0.4, 0.5) is 0 Å². The van der Waals surface area contributed by atoms with Crippen LogP contribution in [-0.4, -0.2) is 42.5 Å². The van der Waals surface area contributed by atoms with Crippen LogP contribution in [-0.2, 0) is 4.79 Å². The minimum absolute atomic E-state index is 0.246. The van der Waals surface area contributed by atoms with E-state index in [0.29, 0.717) is 5.41 Å². The Morgan fingerprint density at radius 2 is 1.80 bits per heavy atom. The molecule has 1 heterocycles. The molecule has 1 atom stereocenters. The number of likely N-dealkylation sites (tertiary alicyclic amines) is 1. The first-order chi connectivity index (χ1) is 9.19. The monoisotopic (exact) mass is 283 g/mol. The number of primary amides is 1. The summed E-state index contributed by atoms with van der Waals surface area (Å²) < 4.78 is 0. The lowest BCUT2D eigenvalue weighted by molar-refractivity contribution is -0.124. The van der Waals surface area contributed by atoms with Crippen molar-refractivity contribution in [3.63, 3.8) is 0 Å². The standard InChI is InChI=1S/C16H33N3O/c1-6-18-16(5,14(17)20)9-12-19-10-7-13(8-11-19)15(2,3)4/h13,18H,6-12H2,1-5H3,(H2,17,20). The van der Waals surface area contributed by atoms with Gasteiger partial charge in [-0.1, -0.05) is 27.7 Å². The number of piperidine rings is 1. The molecule has 3 N–H and O–H groups in total. The second kappa shape index (κ2) is 6.90. The second-order valence-corrected chi connectivity index (χ2v) is 7.46. The predicted molar refractivity (Wildman–Crippen MR) is 84.5 cm³/mol. The molecule has 0 saturated carbocycles. The normalized spacial score (nSPS) is 21.6. The van der Waals surface area contributed by atoms with Crippen molar-refractivity contribution >= 4 is 5.91 Å². The first-order valence-corrected chi connectivity index (χ1v) is 7.96. The maximum Gasteiger partial charge on any atom is 0.237 e. The Morgan fingerprint density at radius 1 is 1.25 bits per heavy atom. The number of carbonyl (C=O) groups is 1. The number of amides is 1. The zero-order valence-corrected chi connectivity index (χ0v) is 14.0. The Hall–Kier alpha value is -0.610. The molecule has 1 rings (SSSR count). The highest BCUT2D eigenvalue weighted by atomic mass is 16.1. The van der Waals surface area contributed by atoms with E-state index in [4.69, 9.17) is 5.73 Å². The van der Waals surface area contributed by atoms with E-state index in [1.807, 2.05) is 13.8 Å². The molecule has 4 nitrogen and oxygen atoms in total. The molecule has 0 radical (unpaired) electrons. The lowest BCUT2D eigenvalue weighted by Crippen LogP contribution is -2.55. The first kappa shape index (κ1) is 17.4. The summed E-state index contributed by atoms with van der Waals surface area (Å²) in [6, 6.07) is 0. The van der Waals surface area contributed by atoms with Gasteiger partial charge in [0.05, 0.1) is 5.54 Å². The van der Waals surface area contributed by atoms with E-state index in [1.54, 1.807) is 0 Å². The maximum absolute atomic E-state index is 11.6. The van der Waals surface area contributed by atoms with Crippen LogP contribution in [0.25, 0.3) is 0 Å². The molecular weight excluding hydrogens is 250 g/mol. The summed E-state index contributed by atoms with van der Waals surface area (Å²) in [6.45, 7) is 14.9. The molecule has 0 spiro atoms. The third-order valence-electron chi connectivity index (χ3n) is 4.85. The number of hydrogen-bond donors (Lipinski definition) is 2. The molecular formula is C16H33N3O. The summed E-state index contributed by atoms with van der Waals surface area (Å²) in [5.41, 5.74) is 5.37. The van der Waals surface area contributed by atoms with Gasteiger partial charge < -0.3 is 16.0 Å². The van der Waals surface area contributed by atoms with Crippen LogP contribution < -0.4 is 11.1 Å². The van der Waals surface area contributed by atoms with Gasteiger partial charge in [-0.25, -0.2) is 0 Å². The Morgan fingerprint density at radius 3 is 2.20 bits per heavy atom. The van der Waals surface area contributed by atoms with Crippen molar-refractivity contribution in [2.24, 2.45) is 17.1 Å². The Bertz CT molecular complexity index is 316. The van der Waals surface area contributed by atoms with Gasteiger partial charge in [0.2, 0.25) is 5.91 Å². The Labute approximate surface area is 124 Å². The van der Waals surface area contributed by atoms with Crippen molar-refractivity contribution < 1.29 is 4.79 Å². The summed E-state index contributed by atoms with van der Waals surface area (Å²) in [6.07, 6.45) is 3.31. The van der Waals surface area contributed by atoms with Crippen LogP contribution in [0.3, 0.4) is 0 Å². The number of carbonyl (C=O) groups excluding carboxylic acids is 1. The molecule has 20 heavy (non-hydrogen) atoms. The molecule has 0 aliphatic carbocycles. The number of likely N-dealkylation sites (N-methyl/N-ethyl adjacent to an activating group) is 1. The summed E-state index contributed by atoms with van der Waals surface area (Å²) in [5.74, 6) is 0.568. The minimum atomic E-state index is -0.574. The molecule has 1 amide bonds. The highest BCUT2D eigenvalue weighted by molar-refractivity contribution is 5.84. The Balaban J connectivity index is 2.42. The van der Waals surface area contributed by atoms with Gasteiger partial charge in [0.25, 0.3) is 0 Å². The van der Waals surface area contributed by atoms with Gasteiger partial charge in [-0.05, 0) is 57.2 Å². The molecule has 0 bridgehead atoms. The summed E-state index contributed by atoms with van der Waals surface area (Å²) in [7, 11) is 0.